The summed E-state index contributed by atoms with van der Waals surface area (Å²) >= 11 is 1.84. The second-order valence-electron chi connectivity index (χ2n) is 6.17. The van der Waals surface area contributed by atoms with E-state index in [0.717, 1.165) is 29.3 Å². The minimum absolute atomic E-state index is 0.0726. The van der Waals surface area contributed by atoms with Gasteiger partial charge in [0, 0.05) is 24.5 Å². The maximum absolute atomic E-state index is 11.9. The van der Waals surface area contributed by atoms with E-state index >= 15 is 0 Å². The lowest BCUT2D eigenvalue weighted by Gasteiger charge is -2.29. The summed E-state index contributed by atoms with van der Waals surface area (Å²) in [5.41, 5.74) is 3.03. The van der Waals surface area contributed by atoms with Gasteiger partial charge < -0.3 is 10.1 Å². The van der Waals surface area contributed by atoms with Crippen molar-refractivity contribution >= 4 is 11.9 Å². The SMILES string of the molecule is CSN1CCC(C/C=C(\C)N/C(C)=C\C(C)=C\COC(F)F)CC1. The van der Waals surface area contributed by atoms with Crippen LogP contribution in [0.15, 0.2) is 35.2 Å². The maximum Gasteiger partial charge on any atom is 0.345 e. The van der Waals surface area contributed by atoms with Crippen molar-refractivity contribution in [2.75, 3.05) is 26.0 Å². The van der Waals surface area contributed by atoms with E-state index in [4.69, 9.17) is 0 Å². The molecular formula is C18H30F2N2OS. The Kier molecular flexibility index (Phi) is 10.3. The van der Waals surface area contributed by atoms with Gasteiger partial charge in [0.25, 0.3) is 0 Å². The highest BCUT2D eigenvalue weighted by Crippen LogP contribution is 2.24. The summed E-state index contributed by atoms with van der Waals surface area (Å²) in [6, 6.07) is 0. The Morgan fingerprint density at radius 3 is 2.46 bits per heavy atom. The molecular weight excluding hydrogens is 330 g/mol. The third-order valence-corrected chi connectivity index (χ3v) is 4.94. The molecule has 1 aliphatic heterocycles. The molecule has 0 spiro atoms. The fourth-order valence-corrected chi connectivity index (χ4v) is 3.30. The molecule has 0 amide bonds. The molecule has 24 heavy (non-hydrogen) atoms. The van der Waals surface area contributed by atoms with Crippen LogP contribution in [0.1, 0.15) is 40.0 Å². The third-order valence-electron chi connectivity index (χ3n) is 4.06. The Hall–Kier alpha value is -0.850. The van der Waals surface area contributed by atoms with Crippen LogP contribution in [0, 0.1) is 5.92 Å². The molecule has 0 aromatic rings. The van der Waals surface area contributed by atoms with Gasteiger partial charge in [0.05, 0.1) is 6.61 Å². The number of alkyl halides is 2. The number of allylic oxidation sites excluding steroid dienone is 5. The fourth-order valence-electron chi connectivity index (χ4n) is 2.72. The molecule has 1 N–H and O–H groups in total. The molecule has 0 radical (unpaired) electrons. The lowest BCUT2D eigenvalue weighted by atomic mass is 9.94. The van der Waals surface area contributed by atoms with E-state index in [2.05, 4.69) is 33.6 Å². The summed E-state index contributed by atoms with van der Waals surface area (Å²) in [5.74, 6) is 0.766. The standard InChI is InChI=1S/C18H30F2N2OS/c1-14(9-12-23-18(19)20)13-16(3)21-15(2)5-6-17-7-10-22(24-4)11-8-17/h5,9,13,17-18,21H,6-8,10-12H2,1-4H3/b14-9+,15-5+,16-13-. The van der Waals surface area contributed by atoms with Crippen LogP contribution in [0.3, 0.4) is 0 Å². The van der Waals surface area contributed by atoms with Crippen molar-refractivity contribution in [2.24, 2.45) is 5.92 Å². The first-order chi connectivity index (χ1) is 11.4. The van der Waals surface area contributed by atoms with Crippen molar-refractivity contribution in [3.05, 3.63) is 35.2 Å². The Bertz CT molecular complexity index is 456. The molecule has 6 heteroatoms. The van der Waals surface area contributed by atoms with E-state index < -0.39 is 6.61 Å². The summed E-state index contributed by atoms with van der Waals surface area (Å²) in [6.07, 6.45) is 11.6. The van der Waals surface area contributed by atoms with Crippen molar-refractivity contribution in [2.45, 2.75) is 46.6 Å². The molecule has 0 aliphatic carbocycles. The zero-order chi connectivity index (χ0) is 17.9. The zero-order valence-corrected chi connectivity index (χ0v) is 16.0. The van der Waals surface area contributed by atoms with Gasteiger partial charge in [-0.15, -0.1) is 0 Å². The number of nitrogens with one attached hydrogen (secondary N) is 1. The average Bonchev–Trinajstić information content (AvgIpc) is 2.52. The minimum atomic E-state index is -2.72. The largest absolute Gasteiger partial charge is 0.363 e. The molecule has 1 saturated heterocycles. The lowest BCUT2D eigenvalue weighted by Crippen LogP contribution is -2.28. The minimum Gasteiger partial charge on any atom is -0.363 e. The summed E-state index contributed by atoms with van der Waals surface area (Å²) in [7, 11) is 0. The van der Waals surface area contributed by atoms with Gasteiger partial charge in [-0.25, -0.2) is 0 Å². The first kappa shape index (κ1) is 21.2. The highest BCUT2D eigenvalue weighted by molar-refractivity contribution is 7.96. The van der Waals surface area contributed by atoms with Crippen molar-refractivity contribution < 1.29 is 13.5 Å². The van der Waals surface area contributed by atoms with Gasteiger partial charge in [0.2, 0.25) is 0 Å². The molecule has 138 valence electrons. The van der Waals surface area contributed by atoms with Crippen LogP contribution in [0.4, 0.5) is 8.78 Å². The molecule has 0 atom stereocenters. The smallest absolute Gasteiger partial charge is 0.345 e. The van der Waals surface area contributed by atoms with Gasteiger partial charge in [-0.2, -0.15) is 8.78 Å². The normalized spacial score (nSPS) is 19.2. The van der Waals surface area contributed by atoms with Crippen molar-refractivity contribution in [1.29, 1.82) is 0 Å². The molecule has 1 fully saturated rings. The number of nitrogens with zero attached hydrogens (tertiary/aromatic N) is 1. The highest BCUT2D eigenvalue weighted by atomic mass is 32.2. The van der Waals surface area contributed by atoms with Crippen LogP contribution in [0.25, 0.3) is 0 Å². The predicted molar refractivity (Wildman–Crippen MR) is 98.8 cm³/mol. The topological polar surface area (TPSA) is 24.5 Å². The van der Waals surface area contributed by atoms with Crippen LogP contribution in [-0.4, -0.2) is 36.9 Å². The highest BCUT2D eigenvalue weighted by Gasteiger charge is 2.17. The van der Waals surface area contributed by atoms with Gasteiger partial charge in [-0.05, 0) is 58.3 Å². The molecule has 0 saturated carbocycles. The second kappa shape index (κ2) is 11.7. The van der Waals surface area contributed by atoms with Crippen molar-refractivity contribution in [3.8, 4) is 0 Å². The molecule has 1 heterocycles. The van der Waals surface area contributed by atoms with Gasteiger partial charge in [-0.1, -0.05) is 29.7 Å². The number of halogens is 2. The zero-order valence-electron chi connectivity index (χ0n) is 15.1. The summed E-state index contributed by atoms with van der Waals surface area (Å²) < 4.78 is 30.5. The molecule has 0 unspecified atom stereocenters. The summed E-state index contributed by atoms with van der Waals surface area (Å²) in [6.45, 7) is 5.47. The molecule has 0 aromatic heterocycles. The van der Waals surface area contributed by atoms with E-state index in [1.54, 1.807) is 6.08 Å². The molecule has 1 rings (SSSR count). The first-order valence-electron chi connectivity index (χ1n) is 8.38. The van der Waals surface area contributed by atoms with E-state index in [1.807, 2.05) is 31.9 Å². The van der Waals surface area contributed by atoms with E-state index in [1.165, 1.54) is 25.9 Å². The van der Waals surface area contributed by atoms with Gasteiger partial charge in [-0.3, -0.25) is 4.31 Å². The quantitative estimate of drug-likeness (QED) is 0.464. The van der Waals surface area contributed by atoms with Crippen molar-refractivity contribution in [3.63, 3.8) is 0 Å². The maximum atomic E-state index is 11.9. The number of piperidine rings is 1. The Morgan fingerprint density at radius 1 is 1.21 bits per heavy atom. The number of hydrogen-bond donors (Lipinski definition) is 1. The van der Waals surface area contributed by atoms with Crippen molar-refractivity contribution in [1.82, 2.24) is 9.62 Å². The van der Waals surface area contributed by atoms with Crippen LogP contribution in [0.5, 0.6) is 0 Å². The van der Waals surface area contributed by atoms with E-state index in [9.17, 15) is 8.78 Å². The molecule has 3 nitrogen and oxygen atoms in total. The Balaban J connectivity index is 2.37. The average molecular weight is 361 g/mol. The van der Waals surface area contributed by atoms with Crippen LogP contribution in [-0.2, 0) is 4.74 Å². The Morgan fingerprint density at radius 2 is 1.88 bits per heavy atom. The molecule has 0 bridgehead atoms. The third kappa shape index (κ3) is 9.45. The number of ether oxygens (including phenoxy) is 1. The van der Waals surface area contributed by atoms with Crippen LogP contribution >= 0.6 is 11.9 Å². The monoisotopic (exact) mass is 360 g/mol. The first-order valence-corrected chi connectivity index (χ1v) is 9.56. The lowest BCUT2D eigenvalue weighted by molar-refractivity contribution is -0.119. The van der Waals surface area contributed by atoms with Crippen LogP contribution in [0.2, 0.25) is 0 Å². The van der Waals surface area contributed by atoms with E-state index in [-0.39, 0.29) is 6.61 Å². The summed E-state index contributed by atoms with van der Waals surface area (Å²) in [5, 5.41) is 3.35. The number of rotatable bonds is 9. The van der Waals surface area contributed by atoms with Gasteiger partial charge in [0.1, 0.15) is 0 Å². The van der Waals surface area contributed by atoms with Crippen LogP contribution < -0.4 is 5.32 Å². The predicted octanol–water partition coefficient (Wildman–Crippen LogP) is 4.95. The summed E-state index contributed by atoms with van der Waals surface area (Å²) in [4.78, 5) is 0. The molecule has 1 aliphatic rings. The van der Waals surface area contributed by atoms with Gasteiger partial charge >= 0.3 is 6.61 Å². The second-order valence-corrected chi connectivity index (χ2v) is 7.05. The van der Waals surface area contributed by atoms with Gasteiger partial charge in [0.15, 0.2) is 0 Å². The Labute approximate surface area is 149 Å². The van der Waals surface area contributed by atoms with E-state index in [0.29, 0.717) is 0 Å². The fraction of sp³-hybridized carbons (Fsp3) is 0.667. The molecule has 0 aromatic carbocycles. The number of hydrogen-bond acceptors (Lipinski definition) is 4.